The van der Waals surface area contributed by atoms with Gasteiger partial charge in [-0.25, -0.2) is 9.59 Å². The summed E-state index contributed by atoms with van der Waals surface area (Å²) < 4.78 is 9.74. The van der Waals surface area contributed by atoms with Crippen molar-refractivity contribution in [2.24, 2.45) is 0 Å². The van der Waals surface area contributed by atoms with Crippen LogP contribution < -0.4 is 5.43 Å². The van der Waals surface area contributed by atoms with Gasteiger partial charge in [0.25, 0.3) is 0 Å². The molecule has 0 radical (unpaired) electrons. The number of esters is 2. The quantitative estimate of drug-likeness (QED) is 0.823. The van der Waals surface area contributed by atoms with E-state index in [1.807, 2.05) is 6.92 Å². The average Bonchev–Trinajstić information content (AvgIpc) is 2.60. The molecule has 1 aromatic heterocycles. The molecular weight excluding hydrogens is 310 g/mol. The van der Waals surface area contributed by atoms with Gasteiger partial charge in [0.05, 0.1) is 19.3 Å². The second kappa shape index (κ2) is 7.77. The summed E-state index contributed by atoms with van der Waals surface area (Å²) in [6.07, 6.45) is 2.14. The third-order valence-electron chi connectivity index (χ3n) is 3.78. The van der Waals surface area contributed by atoms with Crippen molar-refractivity contribution in [3.8, 4) is 0 Å². The maximum absolute atomic E-state index is 12.8. The molecule has 0 atom stereocenters. The van der Waals surface area contributed by atoms with Crippen LogP contribution in [0.5, 0.6) is 0 Å². The number of fused-ring (bicyclic) bond motifs is 1. The number of aromatic amines is 1. The van der Waals surface area contributed by atoms with E-state index in [0.717, 1.165) is 12.8 Å². The van der Waals surface area contributed by atoms with Gasteiger partial charge in [0, 0.05) is 16.5 Å². The summed E-state index contributed by atoms with van der Waals surface area (Å²) in [6, 6.07) is 4.63. The second-order valence-electron chi connectivity index (χ2n) is 5.38. The van der Waals surface area contributed by atoms with Gasteiger partial charge in [0.15, 0.2) is 5.43 Å². The van der Waals surface area contributed by atoms with Gasteiger partial charge >= 0.3 is 11.9 Å². The van der Waals surface area contributed by atoms with Crippen molar-refractivity contribution >= 4 is 22.8 Å². The van der Waals surface area contributed by atoms with Gasteiger partial charge in [-0.15, -0.1) is 0 Å². The molecule has 0 unspecified atom stereocenters. The lowest BCUT2D eigenvalue weighted by molar-refractivity contribution is 0.0517. The van der Waals surface area contributed by atoms with Crippen LogP contribution in [0.4, 0.5) is 0 Å². The molecule has 6 heteroatoms. The van der Waals surface area contributed by atoms with Crippen molar-refractivity contribution in [2.45, 2.75) is 33.1 Å². The van der Waals surface area contributed by atoms with Gasteiger partial charge in [-0.05, 0) is 38.0 Å². The molecule has 1 N–H and O–H groups in total. The summed E-state index contributed by atoms with van der Waals surface area (Å²) >= 11 is 0. The average molecular weight is 331 g/mol. The van der Waals surface area contributed by atoms with Crippen LogP contribution in [0.1, 0.15) is 53.1 Å². The van der Waals surface area contributed by atoms with Crippen molar-refractivity contribution in [1.82, 2.24) is 4.98 Å². The molecule has 0 saturated heterocycles. The third-order valence-corrected chi connectivity index (χ3v) is 3.78. The van der Waals surface area contributed by atoms with E-state index in [-0.39, 0.29) is 17.7 Å². The van der Waals surface area contributed by atoms with E-state index >= 15 is 0 Å². The van der Waals surface area contributed by atoms with Crippen LogP contribution in [0.2, 0.25) is 0 Å². The van der Waals surface area contributed by atoms with Gasteiger partial charge in [0.2, 0.25) is 0 Å². The Morgan fingerprint density at radius 3 is 2.54 bits per heavy atom. The number of hydrogen-bond donors (Lipinski definition) is 1. The van der Waals surface area contributed by atoms with Gasteiger partial charge in [0.1, 0.15) is 5.69 Å². The smallest absolute Gasteiger partial charge is 0.355 e. The molecule has 128 valence electrons. The first-order chi connectivity index (χ1) is 11.5. The van der Waals surface area contributed by atoms with Gasteiger partial charge in [-0.2, -0.15) is 0 Å². The second-order valence-corrected chi connectivity index (χ2v) is 5.38. The maximum atomic E-state index is 12.8. The maximum Gasteiger partial charge on any atom is 0.355 e. The van der Waals surface area contributed by atoms with E-state index in [0.29, 0.717) is 28.5 Å². The molecule has 0 saturated carbocycles. The van der Waals surface area contributed by atoms with E-state index in [1.54, 1.807) is 19.1 Å². The number of carbonyl (C=O) groups excluding carboxylic acids is 2. The third kappa shape index (κ3) is 3.48. The number of pyridine rings is 1. The molecule has 0 aliphatic heterocycles. The summed E-state index contributed by atoms with van der Waals surface area (Å²) in [7, 11) is 1.29. The van der Waals surface area contributed by atoms with Crippen LogP contribution in [0.25, 0.3) is 10.9 Å². The Hall–Kier alpha value is -2.63. The van der Waals surface area contributed by atoms with Crippen molar-refractivity contribution in [3.05, 3.63) is 45.2 Å². The topological polar surface area (TPSA) is 85.5 Å². The first-order valence-corrected chi connectivity index (χ1v) is 7.97. The van der Waals surface area contributed by atoms with Crippen LogP contribution in [-0.2, 0) is 15.9 Å². The number of benzene rings is 1. The Balaban J connectivity index is 2.67. The molecule has 24 heavy (non-hydrogen) atoms. The zero-order valence-electron chi connectivity index (χ0n) is 14.1. The Morgan fingerprint density at radius 2 is 1.92 bits per heavy atom. The summed E-state index contributed by atoms with van der Waals surface area (Å²) in [5.74, 6) is -1.06. The predicted octanol–water partition coefficient (Wildman–Crippen LogP) is 2.83. The van der Waals surface area contributed by atoms with Crippen LogP contribution >= 0.6 is 0 Å². The van der Waals surface area contributed by atoms with Gasteiger partial charge in [-0.1, -0.05) is 13.3 Å². The minimum Gasteiger partial charge on any atom is -0.465 e. The van der Waals surface area contributed by atoms with Crippen molar-refractivity contribution in [1.29, 1.82) is 0 Å². The standard InChI is InChI=1S/C18H21NO5/c1-4-6-7-12-15(18(22)24-5-2)19-14-9-8-11(17(21)23-3)10-13(14)16(12)20/h8-10H,4-7H2,1-3H3,(H,19,20). The molecule has 6 nitrogen and oxygen atoms in total. The fraction of sp³-hybridized carbons (Fsp3) is 0.389. The molecule has 2 aromatic rings. The van der Waals surface area contributed by atoms with E-state index in [4.69, 9.17) is 4.74 Å². The Bertz CT molecular complexity index is 822. The lowest BCUT2D eigenvalue weighted by Crippen LogP contribution is -2.20. The fourth-order valence-electron chi connectivity index (χ4n) is 2.54. The van der Waals surface area contributed by atoms with Crippen LogP contribution in [0.3, 0.4) is 0 Å². The number of rotatable bonds is 6. The molecule has 2 rings (SSSR count). The normalized spacial score (nSPS) is 10.6. The summed E-state index contributed by atoms with van der Waals surface area (Å²) in [5, 5.41) is 0.358. The lowest BCUT2D eigenvalue weighted by Gasteiger charge is -2.11. The van der Waals surface area contributed by atoms with Crippen molar-refractivity contribution < 1.29 is 19.1 Å². The van der Waals surface area contributed by atoms with E-state index in [2.05, 4.69) is 9.72 Å². The van der Waals surface area contributed by atoms with Crippen molar-refractivity contribution in [2.75, 3.05) is 13.7 Å². The monoisotopic (exact) mass is 331 g/mol. The molecule has 1 aromatic carbocycles. The van der Waals surface area contributed by atoms with E-state index in [9.17, 15) is 14.4 Å². The number of hydrogen-bond acceptors (Lipinski definition) is 5. The van der Waals surface area contributed by atoms with Crippen LogP contribution in [0.15, 0.2) is 23.0 Å². The number of unbranched alkanes of at least 4 members (excludes halogenated alkanes) is 1. The molecular formula is C18H21NO5. The van der Waals surface area contributed by atoms with Crippen LogP contribution in [-0.4, -0.2) is 30.6 Å². The minimum absolute atomic E-state index is 0.189. The zero-order chi connectivity index (χ0) is 17.7. The first kappa shape index (κ1) is 17.7. The van der Waals surface area contributed by atoms with Gasteiger partial charge in [-0.3, -0.25) is 4.79 Å². The molecule has 1 heterocycles. The Morgan fingerprint density at radius 1 is 1.17 bits per heavy atom. The summed E-state index contributed by atoms with van der Waals surface area (Å²) in [4.78, 5) is 39.7. The SMILES string of the molecule is CCCCc1c(C(=O)OCC)[nH]c2ccc(C(=O)OC)cc2c1=O. The zero-order valence-corrected chi connectivity index (χ0v) is 14.1. The molecule has 0 fully saturated rings. The number of nitrogens with one attached hydrogen (secondary N) is 1. The van der Waals surface area contributed by atoms with Gasteiger partial charge < -0.3 is 14.5 Å². The van der Waals surface area contributed by atoms with Crippen molar-refractivity contribution in [3.63, 3.8) is 0 Å². The lowest BCUT2D eigenvalue weighted by atomic mass is 10.0. The first-order valence-electron chi connectivity index (χ1n) is 7.97. The number of ether oxygens (including phenoxy) is 2. The highest BCUT2D eigenvalue weighted by atomic mass is 16.5. The fourth-order valence-corrected chi connectivity index (χ4v) is 2.54. The number of aromatic nitrogens is 1. The Labute approximate surface area is 139 Å². The van der Waals surface area contributed by atoms with E-state index < -0.39 is 11.9 Å². The minimum atomic E-state index is -0.542. The molecule has 0 amide bonds. The number of H-pyrrole nitrogens is 1. The Kier molecular flexibility index (Phi) is 5.73. The number of methoxy groups -OCH3 is 1. The molecule has 0 aliphatic carbocycles. The molecule has 0 bridgehead atoms. The largest absolute Gasteiger partial charge is 0.465 e. The highest BCUT2D eigenvalue weighted by Crippen LogP contribution is 2.17. The number of carbonyl (C=O) groups is 2. The van der Waals surface area contributed by atoms with E-state index in [1.165, 1.54) is 13.2 Å². The summed E-state index contributed by atoms with van der Waals surface area (Å²) in [6.45, 7) is 3.95. The highest BCUT2D eigenvalue weighted by molar-refractivity contribution is 5.97. The van der Waals surface area contributed by atoms with Crippen LogP contribution in [0, 0.1) is 0 Å². The molecule has 0 spiro atoms. The summed E-state index contributed by atoms with van der Waals surface area (Å²) in [5.41, 5.74) is 1.10. The predicted molar refractivity (Wildman–Crippen MR) is 90.5 cm³/mol. The molecule has 0 aliphatic rings. The highest BCUT2D eigenvalue weighted by Gasteiger charge is 2.19.